The summed E-state index contributed by atoms with van der Waals surface area (Å²) < 4.78 is 4.13. The highest BCUT2D eigenvalue weighted by atomic mass is 35.5. The van der Waals surface area contributed by atoms with Crippen molar-refractivity contribution in [2.75, 3.05) is 0 Å². The van der Waals surface area contributed by atoms with Gasteiger partial charge in [-0.3, -0.25) is 9.13 Å². The smallest absolute Gasteiger partial charge is 0.218 e. The number of imidazole rings is 1. The molecule has 1 aromatic heterocycles. The average Bonchev–Trinajstić information content (AvgIpc) is 3.14. The molecule has 4 aromatic rings. The van der Waals surface area contributed by atoms with Crippen molar-refractivity contribution in [3.8, 4) is 11.4 Å². The summed E-state index contributed by atoms with van der Waals surface area (Å²) in [7, 11) is 0. The van der Waals surface area contributed by atoms with Gasteiger partial charge in [-0.1, -0.05) is 64.9 Å². The van der Waals surface area contributed by atoms with Crippen LogP contribution in [0.3, 0.4) is 0 Å². The monoisotopic (exact) mass is 470 g/mol. The maximum Gasteiger partial charge on any atom is 0.218 e. The fourth-order valence-electron chi connectivity index (χ4n) is 4.77. The molecule has 0 amide bonds. The van der Waals surface area contributed by atoms with Crippen LogP contribution in [0.4, 0.5) is 0 Å². The van der Waals surface area contributed by atoms with E-state index in [1.54, 1.807) is 24.3 Å². The Kier molecular flexibility index (Phi) is 6.54. The lowest BCUT2D eigenvalue weighted by atomic mass is 10.0. The van der Waals surface area contributed by atoms with Crippen molar-refractivity contribution in [3.05, 3.63) is 117 Å². The van der Waals surface area contributed by atoms with Gasteiger partial charge in [0, 0.05) is 23.6 Å². The molecular weight excluding hydrogens is 442 g/mol. The Hall–Kier alpha value is -3.50. The summed E-state index contributed by atoms with van der Waals surface area (Å²) >= 11 is 5.98. The van der Waals surface area contributed by atoms with Gasteiger partial charge in [-0.2, -0.15) is 0 Å². The Labute approximate surface area is 206 Å². The van der Waals surface area contributed by atoms with Gasteiger partial charge >= 0.3 is 0 Å². The average molecular weight is 471 g/mol. The summed E-state index contributed by atoms with van der Waals surface area (Å²) in [5.74, 6) is -0.175. The predicted octanol–water partition coefficient (Wildman–Crippen LogP) is 6.03. The van der Waals surface area contributed by atoms with E-state index in [9.17, 15) is 5.11 Å². The Morgan fingerprint density at radius 2 is 1.15 bits per heavy atom. The summed E-state index contributed by atoms with van der Waals surface area (Å²) in [4.78, 5) is 4.75. The van der Waals surface area contributed by atoms with E-state index in [1.165, 1.54) is 17.3 Å². The van der Waals surface area contributed by atoms with Crippen molar-refractivity contribution < 1.29 is 5.11 Å². The van der Waals surface area contributed by atoms with Gasteiger partial charge in [-0.05, 0) is 81.5 Å². The number of rotatable bonds is 4. The van der Waals surface area contributed by atoms with E-state index < -0.39 is 0 Å². The van der Waals surface area contributed by atoms with Gasteiger partial charge in [-0.15, -0.1) is 0 Å². The van der Waals surface area contributed by atoms with E-state index in [0.717, 1.165) is 33.6 Å². The normalized spacial score (nSPS) is 11.7. The van der Waals surface area contributed by atoms with Crippen molar-refractivity contribution in [1.29, 1.82) is 0 Å². The van der Waals surface area contributed by atoms with Gasteiger partial charge in [0.2, 0.25) is 5.62 Å². The molecule has 0 aliphatic carbocycles. The molecule has 0 atom stereocenters. The van der Waals surface area contributed by atoms with Gasteiger partial charge in [0.05, 0.1) is 11.4 Å². The maximum absolute atomic E-state index is 12.9. The lowest BCUT2D eigenvalue weighted by Crippen LogP contribution is -2.26. The minimum atomic E-state index is -0.175. The highest BCUT2D eigenvalue weighted by Gasteiger charge is 2.14. The van der Waals surface area contributed by atoms with E-state index in [1.807, 2.05) is 12.4 Å². The van der Waals surface area contributed by atoms with Crippen LogP contribution in [-0.4, -0.2) is 9.13 Å². The zero-order valence-corrected chi connectivity index (χ0v) is 21.2. The first-order chi connectivity index (χ1) is 16.2. The second-order valence-electron chi connectivity index (χ2n) is 8.96. The van der Waals surface area contributed by atoms with Crippen LogP contribution in [0.1, 0.15) is 38.9 Å². The summed E-state index contributed by atoms with van der Waals surface area (Å²) in [6.07, 6.45) is 5.43. The van der Waals surface area contributed by atoms with Crippen LogP contribution >= 0.6 is 11.6 Å². The van der Waals surface area contributed by atoms with Crippen LogP contribution < -0.4 is 10.7 Å². The minimum absolute atomic E-state index is 0.175. The van der Waals surface area contributed by atoms with Crippen LogP contribution in [0.15, 0.2) is 72.1 Å². The second-order valence-corrected chi connectivity index (χ2v) is 9.40. The maximum atomic E-state index is 12.9. The predicted molar refractivity (Wildman–Crippen MR) is 139 cm³/mol. The van der Waals surface area contributed by atoms with E-state index in [0.29, 0.717) is 16.2 Å². The van der Waals surface area contributed by atoms with E-state index in [-0.39, 0.29) is 5.76 Å². The van der Waals surface area contributed by atoms with Crippen molar-refractivity contribution in [3.63, 3.8) is 0 Å². The Morgan fingerprint density at radius 3 is 1.56 bits per heavy atom. The molecule has 4 nitrogen and oxygen atoms in total. The lowest BCUT2D eigenvalue weighted by Gasteiger charge is -2.16. The summed E-state index contributed by atoms with van der Waals surface area (Å²) in [5.41, 5.74) is 10.4. The third-order valence-corrected chi connectivity index (χ3v) is 6.23. The molecule has 0 aliphatic rings. The first-order valence-electron chi connectivity index (χ1n) is 11.3. The van der Waals surface area contributed by atoms with E-state index in [2.05, 4.69) is 74.9 Å². The number of aryl methyl sites for hydroxylation is 6. The van der Waals surface area contributed by atoms with Gasteiger partial charge in [0.25, 0.3) is 0 Å². The van der Waals surface area contributed by atoms with Gasteiger partial charge in [0.1, 0.15) is 0 Å². The zero-order chi connectivity index (χ0) is 24.6. The second kappa shape index (κ2) is 9.40. The molecule has 0 N–H and O–H groups in total. The summed E-state index contributed by atoms with van der Waals surface area (Å²) in [6.45, 7) is 12.6. The molecule has 0 saturated carbocycles. The molecule has 3 aromatic carbocycles. The number of benzene rings is 3. The summed E-state index contributed by atoms with van der Waals surface area (Å²) in [6, 6.07) is 15.5. The molecule has 4 rings (SSSR count). The molecule has 5 heteroatoms. The quantitative estimate of drug-likeness (QED) is 0.336. The number of hydrogen-bond donors (Lipinski definition) is 0. The largest absolute Gasteiger partial charge is 0.871 e. The molecule has 0 bridgehead atoms. The highest BCUT2D eigenvalue weighted by molar-refractivity contribution is 6.30. The minimum Gasteiger partial charge on any atom is -0.871 e. The number of aromatic nitrogens is 2. The van der Waals surface area contributed by atoms with Crippen LogP contribution in [-0.2, 0) is 0 Å². The standard InChI is InChI=1S/C29H30ClN3O/c1-18-13-20(3)27(21(4)14-18)32-11-12-33(28-22(5)15-19(2)16-23(28)6)29(32)31-17-26(34)24-7-9-25(30)10-8-24/h7-17,34H,1-6H3/p-1/b26-17-. The third-order valence-electron chi connectivity index (χ3n) is 5.97. The molecule has 174 valence electrons. The molecular formula is C29H29ClN3O-. The first-order valence-corrected chi connectivity index (χ1v) is 11.7. The van der Waals surface area contributed by atoms with E-state index in [4.69, 9.17) is 16.6 Å². The Balaban J connectivity index is 2.00. The molecule has 0 spiro atoms. The fraction of sp³-hybridized carbons (Fsp3) is 0.207. The fourth-order valence-corrected chi connectivity index (χ4v) is 4.89. The number of hydrogen-bond acceptors (Lipinski definition) is 2. The highest BCUT2D eigenvalue weighted by Crippen LogP contribution is 2.23. The zero-order valence-electron chi connectivity index (χ0n) is 20.5. The van der Waals surface area contributed by atoms with Crippen LogP contribution in [0.2, 0.25) is 5.02 Å². The van der Waals surface area contributed by atoms with Crippen molar-refractivity contribution in [1.82, 2.24) is 9.13 Å². The van der Waals surface area contributed by atoms with Crippen LogP contribution in [0.5, 0.6) is 0 Å². The SMILES string of the molecule is Cc1cc(C)c(-n2ccn(-c3c(C)cc(C)cc3C)c2=N/C=C(\[O-])c2ccc(Cl)cc2)c(C)c1. The molecule has 0 saturated heterocycles. The Morgan fingerprint density at radius 1 is 0.735 bits per heavy atom. The van der Waals surface area contributed by atoms with Gasteiger partial charge < -0.3 is 5.11 Å². The van der Waals surface area contributed by atoms with Crippen LogP contribution in [0.25, 0.3) is 17.1 Å². The summed E-state index contributed by atoms with van der Waals surface area (Å²) in [5, 5.41) is 13.5. The molecule has 0 aliphatic heterocycles. The van der Waals surface area contributed by atoms with E-state index >= 15 is 0 Å². The molecule has 34 heavy (non-hydrogen) atoms. The van der Waals surface area contributed by atoms with Crippen molar-refractivity contribution >= 4 is 17.4 Å². The molecule has 0 unspecified atom stereocenters. The van der Waals surface area contributed by atoms with Gasteiger partial charge in [0.15, 0.2) is 0 Å². The topological polar surface area (TPSA) is 45.3 Å². The molecule has 0 radical (unpaired) electrons. The van der Waals surface area contributed by atoms with Gasteiger partial charge in [-0.25, -0.2) is 4.99 Å². The third kappa shape index (κ3) is 4.59. The van der Waals surface area contributed by atoms with Crippen molar-refractivity contribution in [2.24, 2.45) is 4.99 Å². The number of nitrogens with zero attached hydrogens (tertiary/aromatic N) is 3. The first kappa shape index (κ1) is 23.7. The number of halogens is 1. The Bertz CT molecular complexity index is 1350. The van der Waals surface area contributed by atoms with Crippen molar-refractivity contribution in [2.45, 2.75) is 41.5 Å². The lowest BCUT2D eigenvalue weighted by molar-refractivity contribution is -0.244. The molecule has 0 fully saturated rings. The van der Waals surface area contributed by atoms with Crippen LogP contribution in [0, 0.1) is 41.5 Å². The molecule has 1 heterocycles.